The average Bonchev–Trinajstić information content (AvgIpc) is 3.32. The molecular formula is C23H21N5O3S. The third-order valence-corrected chi connectivity index (χ3v) is 5.49. The van der Waals surface area contributed by atoms with Crippen molar-refractivity contribution < 1.29 is 14.3 Å². The minimum atomic E-state index is -0.480. The Morgan fingerprint density at radius 1 is 1.06 bits per heavy atom. The lowest BCUT2D eigenvalue weighted by atomic mass is 10.2. The minimum absolute atomic E-state index is 0.264. The summed E-state index contributed by atoms with van der Waals surface area (Å²) in [5.74, 6) is 1.14. The molecule has 1 N–H and O–H groups in total. The number of pyridine rings is 1. The van der Waals surface area contributed by atoms with E-state index in [1.165, 1.54) is 6.20 Å². The van der Waals surface area contributed by atoms with Gasteiger partial charge in [0.05, 0.1) is 26.0 Å². The van der Waals surface area contributed by atoms with Crippen LogP contribution in [0.25, 0.3) is 22.0 Å². The zero-order chi connectivity index (χ0) is 22.3. The maximum absolute atomic E-state index is 12.4. The summed E-state index contributed by atoms with van der Waals surface area (Å²) in [4.78, 5) is 30.1. The molecule has 0 atom stereocenters. The molecule has 32 heavy (non-hydrogen) atoms. The number of ether oxygens (including phenoxy) is 2. The molecule has 0 aliphatic rings. The van der Waals surface area contributed by atoms with E-state index < -0.39 is 5.97 Å². The van der Waals surface area contributed by atoms with Gasteiger partial charge in [-0.05, 0) is 43.3 Å². The molecule has 8 nitrogen and oxygen atoms in total. The van der Waals surface area contributed by atoms with Crippen LogP contribution in [0.15, 0.2) is 60.4 Å². The number of hydrogen-bond donors (Lipinski definition) is 1. The molecule has 1 aromatic carbocycles. The Bertz CT molecular complexity index is 1200. The second kappa shape index (κ2) is 9.97. The summed E-state index contributed by atoms with van der Waals surface area (Å²) in [5.41, 5.74) is 2.92. The summed E-state index contributed by atoms with van der Waals surface area (Å²) < 4.78 is 10.4. The summed E-state index contributed by atoms with van der Waals surface area (Å²) in [6, 6.07) is 11.2. The van der Waals surface area contributed by atoms with Crippen LogP contribution in [0.3, 0.4) is 0 Å². The molecule has 0 aliphatic heterocycles. The Hall–Kier alpha value is -3.85. The largest absolute Gasteiger partial charge is 0.497 e. The molecular weight excluding hydrogens is 426 g/mol. The first-order valence-corrected chi connectivity index (χ1v) is 10.8. The fourth-order valence-electron chi connectivity index (χ4n) is 2.94. The predicted octanol–water partition coefficient (Wildman–Crippen LogP) is 4.46. The third kappa shape index (κ3) is 4.89. The van der Waals surface area contributed by atoms with E-state index >= 15 is 0 Å². The lowest BCUT2D eigenvalue weighted by Gasteiger charge is -2.11. The van der Waals surface area contributed by atoms with Crippen LogP contribution in [0, 0.1) is 0 Å². The van der Waals surface area contributed by atoms with Gasteiger partial charge in [-0.3, -0.25) is 4.98 Å². The number of hydrogen-bond acceptors (Lipinski definition) is 9. The van der Waals surface area contributed by atoms with Crippen LogP contribution in [0.1, 0.15) is 23.0 Å². The highest BCUT2D eigenvalue weighted by molar-refractivity contribution is 7.13. The van der Waals surface area contributed by atoms with Crippen molar-refractivity contribution in [2.45, 2.75) is 13.5 Å². The number of carbonyl (C=O) groups excluding carboxylic acids is 1. The van der Waals surface area contributed by atoms with Crippen molar-refractivity contribution >= 4 is 23.1 Å². The highest BCUT2D eigenvalue weighted by Gasteiger charge is 2.17. The van der Waals surface area contributed by atoms with Crippen LogP contribution in [0.4, 0.5) is 5.82 Å². The first-order valence-electron chi connectivity index (χ1n) is 9.95. The van der Waals surface area contributed by atoms with Crippen LogP contribution in [-0.2, 0) is 11.3 Å². The standard InChI is InChI=1S/C23H21N5O3S/c1-3-31-23(29)19-13-26-20(15-4-6-18(30-2)7-5-15)28-21(19)25-12-17-14-32-22(27-17)16-8-10-24-11-9-16/h4-11,13-14H,3,12H2,1-2H3,(H,25,26,28). The molecule has 0 saturated carbocycles. The maximum Gasteiger partial charge on any atom is 0.343 e. The lowest BCUT2D eigenvalue weighted by Crippen LogP contribution is -2.13. The van der Waals surface area contributed by atoms with E-state index in [-0.39, 0.29) is 12.2 Å². The van der Waals surface area contributed by atoms with Crippen molar-refractivity contribution in [1.29, 1.82) is 0 Å². The van der Waals surface area contributed by atoms with Crippen LogP contribution < -0.4 is 10.1 Å². The van der Waals surface area contributed by atoms with Crippen LogP contribution in [-0.4, -0.2) is 39.6 Å². The highest BCUT2D eigenvalue weighted by atomic mass is 32.1. The van der Waals surface area contributed by atoms with Crippen molar-refractivity contribution in [3.63, 3.8) is 0 Å². The van der Waals surface area contributed by atoms with Gasteiger partial charge in [0.25, 0.3) is 0 Å². The van der Waals surface area contributed by atoms with E-state index in [0.717, 1.165) is 27.6 Å². The van der Waals surface area contributed by atoms with Crippen LogP contribution >= 0.6 is 11.3 Å². The van der Waals surface area contributed by atoms with Gasteiger partial charge in [-0.15, -0.1) is 11.3 Å². The lowest BCUT2D eigenvalue weighted by molar-refractivity contribution is 0.0526. The number of thiazole rings is 1. The number of carbonyl (C=O) groups is 1. The number of benzene rings is 1. The Morgan fingerprint density at radius 3 is 2.56 bits per heavy atom. The maximum atomic E-state index is 12.4. The molecule has 4 aromatic rings. The average molecular weight is 448 g/mol. The molecule has 3 heterocycles. The topological polar surface area (TPSA) is 99.1 Å². The molecule has 0 bridgehead atoms. The minimum Gasteiger partial charge on any atom is -0.497 e. The van der Waals surface area contributed by atoms with Gasteiger partial charge < -0.3 is 14.8 Å². The van der Waals surface area contributed by atoms with Crippen molar-refractivity contribution in [1.82, 2.24) is 19.9 Å². The van der Waals surface area contributed by atoms with E-state index in [1.807, 2.05) is 41.8 Å². The second-order valence-corrected chi connectivity index (χ2v) is 7.50. The highest BCUT2D eigenvalue weighted by Crippen LogP contribution is 2.25. The number of nitrogens with zero attached hydrogens (tertiary/aromatic N) is 4. The van der Waals surface area contributed by atoms with Crippen molar-refractivity contribution in [2.24, 2.45) is 0 Å². The van der Waals surface area contributed by atoms with Crippen LogP contribution in [0.5, 0.6) is 5.75 Å². The molecule has 3 aromatic heterocycles. The van der Waals surface area contributed by atoms with Gasteiger partial charge in [0, 0.05) is 35.1 Å². The third-order valence-electron chi connectivity index (χ3n) is 4.55. The van der Waals surface area contributed by atoms with Crippen molar-refractivity contribution in [2.75, 3.05) is 19.0 Å². The molecule has 0 spiro atoms. The predicted molar refractivity (Wildman–Crippen MR) is 123 cm³/mol. The molecule has 0 saturated heterocycles. The Kier molecular flexibility index (Phi) is 6.66. The normalized spacial score (nSPS) is 10.6. The Morgan fingerprint density at radius 2 is 1.84 bits per heavy atom. The number of methoxy groups -OCH3 is 1. The van der Waals surface area contributed by atoms with Gasteiger partial charge in [-0.1, -0.05) is 0 Å². The monoisotopic (exact) mass is 447 g/mol. The van der Waals surface area contributed by atoms with E-state index in [2.05, 4.69) is 25.3 Å². The Labute approximate surface area is 189 Å². The molecule has 4 rings (SSSR count). The van der Waals surface area contributed by atoms with Gasteiger partial charge in [-0.2, -0.15) is 0 Å². The van der Waals surface area contributed by atoms with E-state index in [9.17, 15) is 4.79 Å². The summed E-state index contributed by atoms with van der Waals surface area (Å²) in [7, 11) is 1.61. The van der Waals surface area contributed by atoms with Gasteiger partial charge in [0.1, 0.15) is 22.1 Å². The number of rotatable bonds is 8. The molecule has 0 radical (unpaired) electrons. The summed E-state index contributed by atoms with van der Waals surface area (Å²) >= 11 is 1.54. The van der Waals surface area contributed by atoms with Gasteiger partial charge in [0.2, 0.25) is 0 Å². The van der Waals surface area contributed by atoms with Gasteiger partial charge in [-0.25, -0.2) is 19.7 Å². The number of esters is 1. The van der Waals surface area contributed by atoms with Crippen LogP contribution in [0.2, 0.25) is 0 Å². The summed E-state index contributed by atoms with van der Waals surface area (Å²) in [6.07, 6.45) is 4.96. The Balaban J connectivity index is 1.58. The second-order valence-electron chi connectivity index (χ2n) is 6.64. The quantitative estimate of drug-likeness (QED) is 0.395. The first-order chi connectivity index (χ1) is 15.7. The fraction of sp³-hybridized carbons (Fsp3) is 0.174. The van der Waals surface area contributed by atoms with Crippen molar-refractivity contribution in [3.8, 4) is 27.7 Å². The van der Waals surface area contributed by atoms with E-state index in [0.29, 0.717) is 18.2 Å². The summed E-state index contributed by atoms with van der Waals surface area (Å²) in [6.45, 7) is 2.42. The number of aromatic nitrogens is 4. The van der Waals surface area contributed by atoms with E-state index in [4.69, 9.17) is 9.47 Å². The SMILES string of the molecule is CCOC(=O)c1cnc(-c2ccc(OC)cc2)nc1NCc1csc(-c2ccncc2)n1. The fourth-order valence-corrected chi connectivity index (χ4v) is 3.77. The molecule has 0 fully saturated rings. The van der Waals surface area contributed by atoms with Crippen molar-refractivity contribution in [3.05, 3.63) is 71.6 Å². The molecule has 0 aliphatic carbocycles. The zero-order valence-corrected chi connectivity index (χ0v) is 18.4. The van der Waals surface area contributed by atoms with Gasteiger partial charge >= 0.3 is 5.97 Å². The molecule has 162 valence electrons. The molecule has 0 amide bonds. The van der Waals surface area contributed by atoms with Gasteiger partial charge in [0.15, 0.2) is 5.82 Å². The zero-order valence-electron chi connectivity index (χ0n) is 17.6. The molecule has 9 heteroatoms. The van der Waals surface area contributed by atoms with E-state index in [1.54, 1.807) is 37.8 Å². The molecule has 0 unspecified atom stereocenters. The summed E-state index contributed by atoms with van der Waals surface area (Å²) in [5, 5.41) is 6.09. The number of anilines is 1. The first kappa shape index (κ1) is 21.4. The smallest absolute Gasteiger partial charge is 0.343 e. The number of nitrogens with one attached hydrogen (secondary N) is 1.